The Morgan fingerprint density at radius 3 is 2.44 bits per heavy atom. The number of rotatable bonds is 1. The van der Waals surface area contributed by atoms with Gasteiger partial charge < -0.3 is 0 Å². The van der Waals surface area contributed by atoms with Crippen molar-refractivity contribution in [3.63, 3.8) is 0 Å². The molecule has 0 saturated carbocycles. The van der Waals surface area contributed by atoms with E-state index in [1.807, 2.05) is 0 Å². The van der Waals surface area contributed by atoms with Crippen LogP contribution < -0.4 is 0 Å². The van der Waals surface area contributed by atoms with Gasteiger partial charge in [0.25, 0.3) is 0 Å². The van der Waals surface area contributed by atoms with Crippen molar-refractivity contribution < 1.29 is 17.6 Å². The van der Waals surface area contributed by atoms with Crippen LogP contribution in [0.1, 0.15) is 5.69 Å². The molecule has 1 aromatic carbocycles. The summed E-state index contributed by atoms with van der Waals surface area (Å²) < 4.78 is 51.8. The normalized spacial score (nSPS) is 11.9. The van der Waals surface area contributed by atoms with Gasteiger partial charge in [0, 0.05) is 12.6 Å². The van der Waals surface area contributed by atoms with E-state index in [4.69, 9.17) is 11.6 Å². The highest BCUT2D eigenvalue weighted by Gasteiger charge is 2.39. The minimum absolute atomic E-state index is 0.0917. The molecule has 0 unspecified atom stereocenters. The van der Waals surface area contributed by atoms with Crippen molar-refractivity contribution in [1.82, 2.24) is 9.78 Å². The Morgan fingerprint density at radius 2 is 1.94 bits per heavy atom. The van der Waals surface area contributed by atoms with Crippen LogP contribution >= 0.6 is 11.6 Å². The summed E-state index contributed by atoms with van der Waals surface area (Å²) in [6, 6.07) is 5.08. The van der Waals surface area contributed by atoms with Gasteiger partial charge >= 0.3 is 6.18 Å². The average molecular weight is 279 g/mol. The quantitative estimate of drug-likeness (QED) is 0.724. The number of benzene rings is 1. The van der Waals surface area contributed by atoms with Crippen LogP contribution in [0.15, 0.2) is 24.3 Å². The number of alkyl halides is 3. The molecule has 18 heavy (non-hydrogen) atoms. The van der Waals surface area contributed by atoms with Crippen molar-refractivity contribution in [3.8, 4) is 11.3 Å². The SMILES string of the molecule is Cn1nc(-c2cccc(F)c2)c(Cl)c1C(F)(F)F. The lowest BCUT2D eigenvalue weighted by atomic mass is 10.1. The van der Waals surface area contributed by atoms with E-state index < -0.39 is 22.7 Å². The summed E-state index contributed by atoms with van der Waals surface area (Å²) in [7, 11) is 1.14. The molecular formula is C11H7ClF4N2. The molecule has 0 amide bonds. The van der Waals surface area contributed by atoms with Crippen molar-refractivity contribution in [2.24, 2.45) is 7.05 Å². The third kappa shape index (κ3) is 2.20. The zero-order valence-electron chi connectivity index (χ0n) is 9.09. The third-order valence-electron chi connectivity index (χ3n) is 2.36. The van der Waals surface area contributed by atoms with Crippen LogP contribution in [0.3, 0.4) is 0 Å². The number of hydrogen-bond donors (Lipinski definition) is 0. The van der Waals surface area contributed by atoms with Crippen LogP contribution in [0.4, 0.5) is 17.6 Å². The largest absolute Gasteiger partial charge is 0.434 e. The molecule has 0 N–H and O–H groups in total. The van der Waals surface area contributed by atoms with E-state index in [-0.39, 0.29) is 11.3 Å². The van der Waals surface area contributed by atoms with Crippen molar-refractivity contribution >= 4 is 11.6 Å². The maximum atomic E-state index is 13.0. The first-order valence-corrected chi connectivity index (χ1v) is 5.24. The molecule has 0 aliphatic rings. The molecule has 7 heteroatoms. The average Bonchev–Trinajstić information content (AvgIpc) is 2.53. The van der Waals surface area contributed by atoms with Gasteiger partial charge in [0.2, 0.25) is 0 Å². The lowest BCUT2D eigenvalue weighted by molar-refractivity contribution is -0.143. The van der Waals surface area contributed by atoms with Crippen molar-refractivity contribution in [3.05, 3.63) is 40.8 Å². The Kier molecular flexibility index (Phi) is 3.06. The van der Waals surface area contributed by atoms with Gasteiger partial charge in [-0.15, -0.1) is 0 Å². The topological polar surface area (TPSA) is 17.8 Å². The van der Waals surface area contributed by atoms with Crippen LogP contribution in [0.25, 0.3) is 11.3 Å². The van der Waals surface area contributed by atoms with Gasteiger partial charge in [0.05, 0.1) is 5.02 Å². The fourth-order valence-corrected chi connectivity index (χ4v) is 2.00. The molecule has 2 aromatic rings. The van der Waals surface area contributed by atoms with E-state index in [1.54, 1.807) is 0 Å². The molecule has 1 heterocycles. The summed E-state index contributed by atoms with van der Waals surface area (Å²) in [6.45, 7) is 0. The van der Waals surface area contributed by atoms with E-state index >= 15 is 0 Å². The standard InChI is InChI=1S/C11H7ClF4N2/c1-18-10(11(14,15)16)8(12)9(17-18)6-3-2-4-7(13)5-6/h2-5H,1H3. The first kappa shape index (κ1) is 12.9. The van der Waals surface area contributed by atoms with Crippen LogP contribution in [0, 0.1) is 5.82 Å². The van der Waals surface area contributed by atoms with Gasteiger partial charge in [-0.2, -0.15) is 18.3 Å². The highest BCUT2D eigenvalue weighted by Crippen LogP contribution is 2.39. The van der Waals surface area contributed by atoms with Crippen LogP contribution in [-0.2, 0) is 13.2 Å². The van der Waals surface area contributed by atoms with Gasteiger partial charge in [-0.05, 0) is 12.1 Å². The Morgan fingerprint density at radius 1 is 1.28 bits per heavy atom. The van der Waals surface area contributed by atoms with Gasteiger partial charge in [-0.25, -0.2) is 4.39 Å². The van der Waals surface area contributed by atoms with E-state index in [0.29, 0.717) is 4.68 Å². The number of aryl methyl sites for hydroxylation is 1. The Balaban J connectivity index is 2.61. The lowest BCUT2D eigenvalue weighted by Crippen LogP contribution is -2.12. The van der Waals surface area contributed by atoms with Crippen molar-refractivity contribution in [2.45, 2.75) is 6.18 Å². The molecule has 0 aliphatic heterocycles. The second-order valence-electron chi connectivity index (χ2n) is 3.64. The maximum absolute atomic E-state index is 13.0. The molecule has 0 radical (unpaired) electrons. The molecule has 0 bridgehead atoms. The number of hydrogen-bond acceptors (Lipinski definition) is 1. The van der Waals surface area contributed by atoms with Gasteiger partial charge in [0.15, 0.2) is 5.69 Å². The minimum atomic E-state index is -4.61. The Labute approximate surface area is 105 Å². The second-order valence-corrected chi connectivity index (χ2v) is 4.02. The highest BCUT2D eigenvalue weighted by molar-refractivity contribution is 6.33. The maximum Gasteiger partial charge on any atom is 0.434 e. The molecule has 2 rings (SSSR count). The second kappa shape index (κ2) is 4.28. The summed E-state index contributed by atoms with van der Waals surface area (Å²) in [5.74, 6) is -0.567. The molecule has 0 aliphatic carbocycles. The van der Waals surface area contributed by atoms with Crippen LogP contribution in [0.2, 0.25) is 5.02 Å². The fraction of sp³-hybridized carbons (Fsp3) is 0.182. The molecule has 96 valence electrons. The van der Waals surface area contributed by atoms with Gasteiger partial charge in [-0.3, -0.25) is 4.68 Å². The van der Waals surface area contributed by atoms with E-state index in [0.717, 1.165) is 13.1 Å². The molecule has 0 saturated heterocycles. The number of nitrogens with zero attached hydrogens (tertiary/aromatic N) is 2. The number of halogens is 5. The first-order chi connectivity index (χ1) is 8.30. The summed E-state index contributed by atoms with van der Waals surface area (Å²) in [5, 5.41) is 3.15. The monoisotopic (exact) mass is 278 g/mol. The van der Waals surface area contributed by atoms with E-state index in [9.17, 15) is 17.6 Å². The summed E-state index contributed by atoms with van der Waals surface area (Å²) in [4.78, 5) is 0. The lowest BCUT2D eigenvalue weighted by Gasteiger charge is -2.06. The van der Waals surface area contributed by atoms with E-state index in [2.05, 4.69) is 5.10 Å². The van der Waals surface area contributed by atoms with E-state index in [1.165, 1.54) is 18.2 Å². The zero-order valence-corrected chi connectivity index (χ0v) is 9.85. The van der Waals surface area contributed by atoms with Crippen LogP contribution in [-0.4, -0.2) is 9.78 Å². The predicted octanol–water partition coefficient (Wildman–Crippen LogP) is 3.90. The molecular weight excluding hydrogens is 272 g/mol. The highest BCUT2D eigenvalue weighted by atomic mass is 35.5. The van der Waals surface area contributed by atoms with Crippen molar-refractivity contribution in [2.75, 3.05) is 0 Å². The first-order valence-electron chi connectivity index (χ1n) is 4.86. The minimum Gasteiger partial charge on any atom is -0.262 e. The van der Waals surface area contributed by atoms with Crippen LogP contribution in [0.5, 0.6) is 0 Å². The summed E-state index contributed by atoms with van der Waals surface area (Å²) in [6.07, 6.45) is -4.61. The zero-order chi connectivity index (χ0) is 13.5. The predicted molar refractivity (Wildman–Crippen MR) is 58.6 cm³/mol. The molecule has 2 nitrogen and oxygen atoms in total. The summed E-state index contributed by atoms with van der Waals surface area (Å²) >= 11 is 5.68. The molecule has 0 atom stereocenters. The molecule has 0 spiro atoms. The third-order valence-corrected chi connectivity index (χ3v) is 2.71. The summed E-state index contributed by atoms with van der Waals surface area (Å²) in [5.41, 5.74) is -0.944. The van der Waals surface area contributed by atoms with Gasteiger partial charge in [0.1, 0.15) is 11.5 Å². The van der Waals surface area contributed by atoms with Crippen molar-refractivity contribution in [1.29, 1.82) is 0 Å². The Hall–Kier alpha value is -1.56. The molecule has 0 fully saturated rings. The molecule has 1 aromatic heterocycles. The smallest absolute Gasteiger partial charge is 0.262 e. The number of aromatic nitrogens is 2. The van der Waals surface area contributed by atoms with Gasteiger partial charge in [-0.1, -0.05) is 23.7 Å². The fourth-order valence-electron chi connectivity index (χ4n) is 1.63. The Bertz CT molecular complexity index is 589.